The molecule has 3 aromatic rings. The van der Waals surface area contributed by atoms with Crippen LogP contribution in [0.1, 0.15) is 10.4 Å². The Morgan fingerprint density at radius 3 is 2.27 bits per heavy atom. The van der Waals surface area contributed by atoms with Gasteiger partial charge in [0.25, 0.3) is 11.8 Å². The van der Waals surface area contributed by atoms with Crippen molar-refractivity contribution < 1.29 is 29.1 Å². The fraction of sp³-hybridized carbons (Fsp3) is 0.174. The van der Waals surface area contributed by atoms with Gasteiger partial charge in [0.1, 0.15) is 5.75 Å². The van der Waals surface area contributed by atoms with Crippen LogP contribution >= 0.6 is 23.2 Å². The average molecular weight is 491 g/mol. The van der Waals surface area contributed by atoms with E-state index in [2.05, 4.69) is 0 Å². The van der Waals surface area contributed by atoms with Gasteiger partial charge in [-0.1, -0.05) is 41.4 Å². The lowest BCUT2D eigenvalue weighted by Gasteiger charge is -2.23. The standard InChI is InChI=1S/C23H20Cl2N2O6/c1-26(2)20(28)13-33-27(17-6-4-3-5-7-17)21(29)12-32-19-10-15(23(30)31)8-14-9-16(24)11-18(25)22(14)19/h3-11H,12-13H2,1-2H3,(H,30,31). The molecule has 8 nitrogen and oxygen atoms in total. The van der Waals surface area contributed by atoms with Crippen molar-refractivity contribution in [2.75, 3.05) is 32.4 Å². The maximum absolute atomic E-state index is 13.0. The number of carboxylic acid groups (broad SMARTS) is 1. The highest BCUT2D eigenvalue weighted by atomic mass is 35.5. The van der Waals surface area contributed by atoms with E-state index in [-0.39, 0.29) is 28.8 Å². The number of fused-ring (bicyclic) bond motifs is 1. The number of hydroxylamine groups is 1. The van der Waals surface area contributed by atoms with Crippen LogP contribution in [0.5, 0.6) is 5.75 Å². The Labute approximate surface area is 199 Å². The number of anilines is 1. The molecule has 0 aliphatic carbocycles. The number of carbonyl (C=O) groups excluding carboxylic acids is 2. The largest absolute Gasteiger partial charge is 0.483 e. The number of aromatic carboxylic acids is 1. The maximum atomic E-state index is 13.0. The summed E-state index contributed by atoms with van der Waals surface area (Å²) in [5.41, 5.74) is 0.336. The number of amides is 2. The normalized spacial score (nSPS) is 10.7. The van der Waals surface area contributed by atoms with Crippen LogP contribution in [0.3, 0.4) is 0 Å². The van der Waals surface area contributed by atoms with E-state index in [0.29, 0.717) is 21.5 Å². The second kappa shape index (κ2) is 10.5. The highest BCUT2D eigenvalue weighted by Gasteiger charge is 2.21. The number of halogens is 2. The van der Waals surface area contributed by atoms with Crippen LogP contribution in [0.15, 0.2) is 54.6 Å². The maximum Gasteiger partial charge on any atom is 0.335 e. The lowest BCUT2D eigenvalue weighted by Crippen LogP contribution is -2.38. The van der Waals surface area contributed by atoms with Crippen molar-refractivity contribution in [3.63, 3.8) is 0 Å². The van der Waals surface area contributed by atoms with E-state index in [9.17, 15) is 19.5 Å². The fourth-order valence-electron chi connectivity index (χ4n) is 2.93. The molecule has 0 radical (unpaired) electrons. The first-order valence-electron chi connectivity index (χ1n) is 9.67. The second-order valence-electron chi connectivity index (χ2n) is 7.14. The molecule has 172 valence electrons. The van der Waals surface area contributed by atoms with E-state index in [1.807, 2.05) is 0 Å². The fourth-order valence-corrected chi connectivity index (χ4v) is 3.53. The van der Waals surface area contributed by atoms with Crippen LogP contribution in [0, 0.1) is 0 Å². The van der Waals surface area contributed by atoms with Gasteiger partial charge in [-0.25, -0.2) is 4.79 Å². The molecule has 0 spiro atoms. The minimum absolute atomic E-state index is 0.0592. The molecule has 33 heavy (non-hydrogen) atoms. The topological polar surface area (TPSA) is 96.4 Å². The Kier molecular flexibility index (Phi) is 7.75. The second-order valence-corrected chi connectivity index (χ2v) is 7.98. The van der Waals surface area contributed by atoms with Crippen LogP contribution in [-0.4, -0.2) is 55.1 Å². The summed E-state index contributed by atoms with van der Waals surface area (Å²) in [7, 11) is 3.14. The van der Waals surface area contributed by atoms with Crippen molar-refractivity contribution in [1.82, 2.24) is 4.90 Å². The summed E-state index contributed by atoms with van der Waals surface area (Å²) in [4.78, 5) is 43.3. The van der Waals surface area contributed by atoms with Gasteiger partial charge in [0.05, 0.1) is 16.3 Å². The highest BCUT2D eigenvalue weighted by Crippen LogP contribution is 2.36. The van der Waals surface area contributed by atoms with E-state index in [0.717, 1.165) is 5.06 Å². The molecule has 0 unspecified atom stereocenters. The molecule has 0 saturated heterocycles. The van der Waals surface area contributed by atoms with Gasteiger partial charge in [0.2, 0.25) is 0 Å². The zero-order valence-corrected chi connectivity index (χ0v) is 19.3. The van der Waals surface area contributed by atoms with Gasteiger partial charge in [-0.3, -0.25) is 14.4 Å². The Morgan fingerprint density at radius 2 is 1.64 bits per heavy atom. The number of nitrogens with zero attached hydrogens (tertiary/aromatic N) is 2. The number of para-hydroxylation sites is 1. The van der Waals surface area contributed by atoms with Crippen LogP contribution in [0.2, 0.25) is 10.0 Å². The Bertz CT molecular complexity index is 1200. The Hall–Kier alpha value is -3.33. The van der Waals surface area contributed by atoms with E-state index in [1.165, 1.54) is 23.1 Å². The van der Waals surface area contributed by atoms with Crippen LogP contribution in [0.25, 0.3) is 10.8 Å². The zero-order valence-electron chi connectivity index (χ0n) is 17.7. The molecule has 0 fully saturated rings. The lowest BCUT2D eigenvalue weighted by molar-refractivity contribution is -0.138. The molecular formula is C23H20Cl2N2O6. The number of ether oxygens (including phenoxy) is 1. The van der Waals surface area contributed by atoms with Gasteiger partial charge in [0.15, 0.2) is 13.2 Å². The quantitative estimate of drug-likeness (QED) is 0.473. The van der Waals surface area contributed by atoms with E-state index in [4.69, 9.17) is 32.8 Å². The SMILES string of the molecule is CN(C)C(=O)CON(C(=O)COc1cc(C(=O)O)cc2cc(Cl)cc(Cl)c12)c1ccccc1. The molecule has 3 rings (SSSR count). The number of likely N-dealkylation sites (N-methyl/N-ethyl adjacent to an activating group) is 1. The molecule has 0 saturated carbocycles. The molecule has 0 aromatic heterocycles. The third-order valence-corrected chi connectivity index (χ3v) is 5.08. The molecule has 3 aromatic carbocycles. The summed E-state index contributed by atoms with van der Waals surface area (Å²) >= 11 is 12.4. The number of carbonyl (C=O) groups is 3. The van der Waals surface area contributed by atoms with E-state index in [1.54, 1.807) is 50.5 Å². The van der Waals surface area contributed by atoms with Gasteiger partial charge in [-0.05, 0) is 41.8 Å². The van der Waals surface area contributed by atoms with Crippen molar-refractivity contribution in [2.45, 2.75) is 0 Å². The van der Waals surface area contributed by atoms with Crippen molar-refractivity contribution in [3.8, 4) is 5.75 Å². The third-order valence-electron chi connectivity index (χ3n) is 4.56. The van der Waals surface area contributed by atoms with Crippen molar-refractivity contribution in [1.29, 1.82) is 0 Å². The molecule has 0 atom stereocenters. The first kappa shape index (κ1) is 24.3. The van der Waals surface area contributed by atoms with E-state index < -0.39 is 18.5 Å². The summed E-state index contributed by atoms with van der Waals surface area (Å²) in [5, 5.41) is 11.8. The molecule has 2 amide bonds. The van der Waals surface area contributed by atoms with Gasteiger partial charge >= 0.3 is 5.97 Å². The average Bonchev–Trinajstić information content (AvgIpc) is 2.77. The smallest absolute Gasteiger partial charge is 0.335 e. The molecule has 0 aliphatic rings. The van der Waals surface area contributed by atoms with Crippen LogP contribution < -0.4 is 9.80 Å². The van der Waals surface area contributed by atoms with Crippen LogP contribution in [0.4, 0.5) is 5.69 Å². The van der Waals surface area contributed by atoms with Crippen LogP contribution in [-0.2, 0) is 14.4 Å². The highest BCUT2D eigenvalue weighted by molar-refractivity contribution is 6.39. The Balaban J connectivity index is 1.89. The molecule has 10 heteroatoms. The Morgan fingerprint density at radius 1 is 0.939 bits per heavy atom. The lowest BCUT2D eigenvalue weighted by atomic mass is 10.1. The minimum Gasteiger partial charge on any atom is -0.483 e. The number of rotatable bonds is 8. The summed E-state index contributed by atoms with van der Waals surface area (Å²) in [5.74, 6) is -2.04. The monoisotopic (exact) mass is 490 g/mol. The van der Waals surface area contributed by atoms with Gasteiger partial charge in [-0.15, -0.1) is 0 Å². The third kappa shape index (κ3) is 5.92. The molecule has 0 heterocycles. The van der Waals surface area contributed by atoms with Gasteiger partial charge in [-0.2, -0.15) is 5.06 Å². The number of hydrogen-bond donors (Lipinski definition) is 1. The summed E-state index contributed by atoms with van der Waals surface area (Å²) < 4.78 is 5.69. The number of hydrogen-bond acceptors (Lipinski definition) is 5. The molecule has 0 aliphatic heterocycles. The minimum atomic E-state index is -1.18. The van der Waals surface area contributed by atoms with Gasteiger partial charge < -0.3 is 14.7 Å². The van der Waals surface area contributed by atoms with Crippen molar-refractivity contribution in [3.05, 3.63) is 70.2 Å². The first-order valence-corrected chi connectivity index (χ1v) is 10.4. The van der Waals surface area contributed by atoms with Gasteiger partial charge in [0, 0.05) is 24.5 Å². The van der Waals surface area contributed by atoms with Crippen molar-refractivity contribution >= 4 is 57.4 Å². The first-order chi connectivity index (χ1) is 15.7. The predicted molar refractivity (Wildman–Crippen MR) is 125 cm³/mol. The number of carboxylic acids is 1. The summed E-state index contributed by atoms with van der Waals surface area (Å²) in [6, 6.07) is 14.2. The zero-order chi connectivity index (χ0) is 24.1. The molecule has 1 N–H and O–H groups in total. The predicted octanol–water partition coefficient (Wildman–Crippen LogP) is 4.28. The molecule has 0 bridgehead atoms. The summed E-state index contributed by atoms with van der Waals surface area (Å²) in [6.07, 6.45) is 0. The summed E-state index contributed by atoms with van der Waals surface area (Å²) in [6.45, 7) is -0.877. The van der Waals surface area contributed by atoms with Crippen molar-refractivity contribution in [2.24, 2.45) is 0 Å². The molecular weight excluding hydrogens is 471 g/mol. The number of benzene rings is 3. The van der Waals surface area contributed by atoms with E-state index >= 15 is 0 Å².